The largest absolute Gasteiger partial charge is 0.497 e. The van der Waals surface area contributed by atoms with E-state index in [0.717, 1.165) is 0 Å². The van der Waals surface area contributed by atoms with Gasteiger partial charge in [-0.1, -0.05) is 0 Å². The van der Waals surface area contributed by atoms with E-state index in [-0.39, 0.29) is 13.0 Å². The molecule has 6 nitrogen and oxygen atoms in total. The zero-order chi connectivity index (χ0) is 13.5. The van der Waals surface area contributed by atoms with Crippen molar-refractivity contribution >= 4 is 11.7 Å². The standard InChI is InChI=1S/C12H17NO5/c1-17-9-3-4-10(11(6-9)18-2)13-7-8(14)5-12(15)16/h3-4,6,8,13-14H,5,7H2,1-2H3,(H,15,16). The first-order chi connectivity index (χ1) is 8.56. The highest BCUT2D eigenvalue weighted by atomic mass is 16.5. The molecule has 1 atom stereocenters. The number of nitrogens with one attached hydrogen (secondary N) is 1. The molecule has 0 amide bonds. The molecule has 100 valence electrons. The molecule has 0 aromatic heterocycles. The van der Waals surface area contributed by atoms with Crippen molar-refractivity contribution in [1.82, 2.24) is 0 Å². The third-order valence-electron chi connectivity index (χ3n) is 2.35. The summed E-state index contributed by atoms with van der Waals surface area (Å²) in [4.78, 5) is 10.4. The van der Waals surface area contributed by atoms with Gasteiger partial charge >= 0.3 is 5.97 Å². The summed E-state index contributed by atoms with van der Waals surface area (Å²) in [6, 6.07) is 5.19. The van der Waals surface area contributed by atoms with E-state index in [2.05, 4.69) is 5.32 Å². The Hall–Kier alpha value is -1.95. The van der Waals surface area contributed by atoms with Crippen LogP contribution in [0, 0.1) is 0 Å². The van der Waals surface area contributed by atoms with Gasteiger partial charge in [0.2, 0.25) is 0 Å². The predicted octanol–water partition coefficient (Wildman–Crippen LogP) is 0.951. The van der Waals surface area contributed by atoms with E-state index in [1.54, 1.807) is 25.3 Å². The van der Waals surface area contributed by atoms with Gasteiger partial charge in [0, 0.05) is 12.6 Å². The monoisotopic (exact) mass is 255 g/mol. The predicted molar refractivity (Wildman–Crippen MR) is 66.3 cm³/mol. The lowest BCUT2D eigenvalue weighted by atomic mass is 10.2. The zero-order valence-corrected chi connectivity index (χ0v) is 10.3. The van der Waals surface area contributed by atoms with Crippen molar-refractivity contribution < 1.29 is 24.5 Å². The SMILES string of the molecule is COc1ccc(NCC(O)CC(=O)O)c(OC)c1. The molecule has 0 fully saturated rings. The first-order valence-corrected chi connectivity index (χ1v) is 5.42. The average molecular weight is 255 g/mol. The Morgan fingerprint density at radius 2 is 2.11 bits per heavy atom. The second kappa shape index (κ2) is 6.70. The quantitative estimate of drug-likeness (QED) is 0.672. The van der Waals surface area contributed by atoms with Crippen LogP contribution in [-0.4, -0.2) is 43.1 Å². The zero-order valence-electron chi connectivity index (χ0n) is 10.3. The van der Waals surface area contributed by atoms with E-state index >= 15 is 0 Å². The van der Waals surface area contributed by atoms with Crippen LogP contribution in [0.1, 0.15) is 6.42 Å². The molecule has 0 aliphatic rings. The summed E-state index contributed by atoms with van der Waals surface area (Å²) in [5.74, 6) is 0.186. The maximum Gasteiger partial charge on any atom is 0.306 e. The van der Waals surface area contributed by atoms with Crippen LogP contribution in [0.25, 0.3) is 0 Å². The molecule has 3 N–H and O–H groups in total. The van der Waals surface area contributed by atoms with Gasteiger partial charge < -0.3 is 25.0 Å². The third kappa shape index (κ3) is 4.14. The molecule has 0 aliphatic carbocycles. The molecule has 0 saturated carbocycles. The number of aliphatic carboxylic acids is 1. The van der Waals surface area contributed by atoms with Crippen LogP contribution in [0.2, 0.25) is 0 Å². The molecule has 1 aromatic carbocycles. The summed E-state index contributed by atoms with van der Waals surface area (Å²) in [7, 11) is 3.08. The Balaban J connectivity index is 2.64. The first-order valence-electron chi connectivity index (χ1n) is 5.42. The van der Waals surface area contributed by atoms with Gasteiger partial charge in [-0.15, -0.1) is 0 Å². The second-order valence-corrected chi connectivity index (χ2v) is 3.70. The molecule has 0 radical (unpaired) electrons. The van der Waals surface area contributed by atoms with Crippen molar-refractivity contribution in [2.45, 2.75) is 12.5 Å². The molecule has 0 aliphatic heterocycles. The number of methoxy groups -OCH3 is 2. The maximum atomic E-state index is 10.4. The molecule has 1 rings (SSSR count). The van der Waals surface area contributed by atoms with E-state index in [0.29, 0.717) is 17.2 Å². The number of anilines is 1. The molecule has 0 heterocycles. The van der Waals surface area contributed by atoms with Crippen molar-refractivity contribution in [3.05, 3.63) is 18.2 Å². The average Bonchev–Trinajstić information content (AvgIpc) is 2.35. The lowest BCUT2D eigenvalue weighted by molar-refractivity contribution is -0.138. The number of aliphatic hydroxyl groups excluding tert-OH is 1. The maximum absolute atomic E-state index is 10.4. The van der Waals surface area contributed by atoms with E-state index < -0.39 is 12.1 Å². The fourth-order valence-electron chi connectivity index (χ4n) is 1.45. The van der Waals surface area contributed by atoms with Crippen LogP contribution in [-0.2, 0) is 4.79 Å². The van der Waals surface area contributed by atoms with Gasteiger partial charge in [0.25, 0.3) is 0 Å². The normalized spacial score (nSPS) is 11.7. The van der Waals surface area contributed by atoms with Crippen LogP contribution in [0.5, 0.6) is 11.5 Å². The van der Waals surface area contributed by atoms with E-state index in [4.69, 9.17) is 14.6 Å². The van der Waals surface area contributed by atoms with Crippen molar-refractivity contribution in [3.8, 4) is 11.5 Å². The molecule has 6 heteroatoms. The number of carboxylic acids is 1. The summed E-state index contributed by atoms with van der Waals surface area (Å²) in [6.45, 7) is 0.134. The molecular weight excluding hydrogens is 238 g/mol. The van der Waals surface area contributed by atoms with Crippen LogP contribution in [0.15, 0.2) is 18.2 Å². The number of carbonyl (C=O) groups is 1. The summed E-state index contributed by atoms with van der Waals surface area (Å²) >= 11 is 0. The Morgan fingerprint density at radius 1 is 1.39 bits per heavy atom. The Kier molecular flexibility index (Phi) is 5.26. The van der Waals surface area contributed by atoms with Crippen molar-refractivity contribution in [3.63, 3.8) is 0 Å². The van der Waals surface area contributed by atoms with Crippen LogP contribution in [0.4, 0.5) is 5.69 Å². The molecule has 18 heavy (non-hydrogen) atoms. The number of carboxylic acid groups (broad SMARTS) is 1. The summed E-state index contributed by atoms with van der Waals surface area (Å²) in [5.41, 5.74) is 0.669. The highest BCUT2D eigenvalue weighted by Gasteiger charge is 2.11. The van der Waals surface area contributed by atoms with E-state index in [1.807, 2.05) is 0 Å². The second-order valence-electron chi connectivity index (χ2n) is 3.70. The minimum atomic E-state index is -1.04. The number of aliphatic hydroxyl groups is 1. The fourth-order valence-corrected chi connectivity index (χ4v) is 1.45. The highest BCUT2D eigenvalue weighted by molar-refractivity contribution is 5.67. The lowest BCUT2D eigenvalue weighted by Crippen LogP contribution is -2.22. The van der Waals surface area contributed by atoms with Gasteiger partial charge in [-0.05, 0) is 12.1 Å². The highest BCUT2D eigenvalue weighted by Crippen LogP contribution is 2.28. The molecule has 0 spiro atoms. The summed E-state index contributed by atoms with van der Waals surface area (Å²) in [5, 5.41) is 20.9. The van der Waals surface area contributed by atoms with Crippen LogP contribution < -0.4 is 14.8 Å². The lowest BCUT2D eigenvalue weighted by Gasteiger charge is -2.14. The number of hydrogen-bond acceptors (Lipinski definition) is 5. The van der Waals surface area contributed by atoms with Crippen LogP contribution in [0.3, 0.4) is 0 Å². The Bertz CT molecular complexity index is 407. The molecule has 0 saturated heterocycles. The van der Waals surface area contributed by atoms with Gasteiger partial charge in [0.1, 0.15) is 11.5 Å². The number of rotatable bonds is 7. The Labute approximate surface area is 105 Å². The number of ether oxygens (including phenoxy) is 2. The number of benzene rings is 1. The molecule has 1 unspecified atom stereocenters. The molecule has 1 aromatic rings. The third-order valence-corrected chi connectivity index (χ3v) is 2.35. The van der Waals surface area contributed by atoms with Gasteiger partial charge in [-0.25, -0.2) is 0 Å². The van der Waals surface area contributed by atoms with Crippen molar-refractivity contribution in [2.75, 3.05) is 26.1 Å². The van der Waals surface area contributed by atoms with Gasteiger partial charge in [0.15, 0.2) is 0 Å². The van der Waals surface area contributed by atoms with E-state index in [9.17, 15) is 9.90 Å². The summed E-state index contributed by atoms with van der Waals surface area (Å²) in [6.07, 6.45) is -1.25. The summed E-state index contributed by atoms with van der Waals surface area (Å²) < 4.78 is 10.2. The topological polar surface area (TPSA) is 88.0 Å². The number of hydrogen-bond donors (Lipinski definition) is 3. The van der Waals surface area contributed by atoms with Gasteiger partial charge in [0.05, 0.1) is 32.4 Å². The fraction of sp³-hybridized carbons (Fsp3) is 0.417. The van der Waals surface area contributed by atoms with Crippen molar-refractivity contribution in [1.29, 1.82) is 0 Å². The minimum Gasteiger partial charge on any atom is -0.497 e. The van der Waals surface area contributed by atoms with Crippen molar-refractivity contribution in [2.24, 2.45) is 0 Å². The molecular formula is C12H17NO5. The Morgan fingerprint density at radius 3 is 2.67 bits per heavy atom. The van der Waals surface area contributed by atoms with Gasteiger partial charge in [-0.3, -0.25) is 4.79 Å². The first kappa shape index (κ1) is 14.1. The smallest absolute Gasteiger partial charge is 0.306 e. The molecule has 0 bridgehead atoms. The minimum absolute atomic E-state index is 0.134. The van der Waals surface area contributed by atoms with E-state index in [1.165, 1.54) is 7.11 Å². The van der Waals surface area contributed by atoms with Crippen LogP contribution >= 0.6 is 0 Å². The van der Waals surface area contributed by atoms with Gasteiger partial charge in [-0.2, -0.15) is 0 Å².